The topological polar surface area (TPSA) is 70.1 Å². The molecule has 2 aliphatic rings. The summed E-state index contributed by atoms with van der Waals surface area (Å²) in [6, 6.07) is 11.9. The third-order valence-corrected chi connectivity index (χ3v) is 7.69. The Morgan fingerprint density at radius 2 is 2.03 bits per heavy atom. The molecule has 0 saturated carbocycles. The molecule has 1 aromatic heterocycles. The number of carbonyl (C=O) groups excluding carboxylic acids is 1. The molecule has 1 N–H and O–H groups in total. The second-order valence-electron chi connectivity index (χ2n) is 8.18. The number of carbonyl (C=O) groups is 2. The van der Waals surface area contributed by atoms with Gasteiger partial charge in [-0.3, -0.25) is 9.80 Å². The van der Waals surface area contributed by atoms with Crippen molar-refractivity contribution in [3.8, 4) is 11.8 Å². The van der Waals surface area contributed by atoms with Crippen LogP contribution < -0.4 is 0 Å². The van der Waals surface area contributed by atoms with Crippen molar-refractivity contribution < 1.29 is 19.4 Å². The van der Waals surface area contributed by atoms with Gasteiger partial charge in [0.15, 0.2) is 0 Å². The van der Waals surface area contributed by atoms with Gasteiger partial charge in [-0.1, -0.05) is 35.7 Å². The molecular weight excluding hydrogens is 468 g/mol. The van der Waals surface area contributed by atoms with Gasteiger partial charge in [0.2, 0.25) is 0 Å². The predicted octanol–water partition coefficient (Wildman–Crippen LogP) is 5.05. The first-order valence-electron chi connectivity index (χ1n) is 11.5. The molecule has 0 radical (unpaired) electrons. The number of hydrazine groups is 1. The predicted molar refractivity (Wildman–Crippen MR) is 136 cm³/mol. The number of carboxylic acids is 1. The van der Waals surface area contributed by atoms with Crippen molar-refractivity contribution in [1.82, 2.24) is 10.0 Å². The summed E-state index contributed by atoms with van der Waals surface area (Å²) in [5.74, 6) is 6.32. The number of aromatic carboxylic acids is 1. The molecule has 4 rings (SSSR count). The fourth-order valence-electron chi connectivity index (χ4n) is 3.92. The van der Waals surface area contributed by atoms with Crippen molar-refractivity contribution in [3.63, 3.8) is 0 Å². The van der Waals surface area contributed by atoms with Crippen molar-refractivity contribution in [2.45, 2.75) is 32.1 Å². The maximum atomic E-state index is 12.5. The Hall–Kier alpha value is -2.73. The molecule has 1 saturated heterocycles. The highest BCUT2D eigenvalue weighted by atomic mass is 32.2. The van der Waals surface area contributed by atoms with E-state index in [1.807, 2.05) is 17.1 Å². The van der Waals surface area contributed by atoms with E-state index in [0.29, 0.717) is 17.8 Å². The molecule has 0 atom stereocenters. The molecule has 0 spiro atoms. The van der Waals surface area contributed by atoms with E-state index in [-0.39, 0.29) is 5.24 Å². The number of benzene rings is 1. The van der Waals surface area contributed by atoms with Crippen LogP contribution >= 0.6 is 23.1 Å². The van der Waals surface area contributed by atoms with Gasteiger partial charge in [0.05, 0.1) is 12.9 Å². The summed E-state index contributed by atoms with van der Waals surface area (Å²) < 4.78 is 5.23. The first-order chi connectivity index (χ1) is 16.6. The molecule has 1 aromatic carbocycles. The van der Waals surface area contributed by atoms with Gasteiger partial charge in [-0.05, 0) is 49.1 Å². The number of hydrogen-bond donors (Lipinski definition) is 1. The number of nitrogens with zero attached hydrogens (tertiary/aromatic N) is 2. The molecule has 1 fully saturated rings. The number of ether oxygens (including phenoxy) is 1. The highest BCUT2D eigenvalue weighted by Gasteiger charge is 2.26. The smallest absolute Gasteiger partial charge is 0.345 e. The molecule has 2 aromatic rings. The fraction of sp³-hybridized carbons (Fsp3) is 0.385. The Bertz CT molecular complexity index is 1120. The lowest BCUT2D eigenvalue weighted by molar-refractivity contribution is 0.0270. The molecule has 34 heavy (non-hydrogen) atoms. The SMILES string of the molecule is O=C(O)c1ccc(CCN2C(=O)SCCN2CCCCc2cccc(C#CC3=COCC3)c2)s1. The fourth-order valence-corrected chi connectivity index (χ4v) is 5.59. The van der Waals surface area contributed by atoms with Crippen molar-refractivity contribution in [2.75, 3.05) is 32.0 Å². The summed E-state index contributed by atoms with van der Waals surface area (Å²) >= 11 is 2.64. The van der Waals surface area contributed by atoms with Crippen molar-refractivity contribution in [1.29, 1.82) is 0 Å². The lowest BCUT2D eigenvalue weighted by Gasteiger charge is -2.38. The Morgan fingerprint density at radius 1 is 1.12 bits per heavy atom. The van der Waals surface area contributed by atoms with E-state index in [2.05, 4.69) is 35.0 Å². The Kier molecular flexibility index (Phi) is 8.69. The van der Waals surface area contributed by atoms with E-state index in [1.54, 1.807) is 12.3 Å². The Labute approximate surface area is 208 Å². The monoisotopic (exact) mass is 496 g/mol. The van der Waals surface area contributed by atoms with Crippen LogP contribution in [0.4, 0.5) is 4.79 Å². The minimum atomic E-state index is -0.902. The number of carboxylic acid groups (broad SMARTS) is 1. The summed E-state index contributed by atoms with van der Waals surface area (Å²) in [5, 5.41) is 13.2. The standard InChI is InChI=1S/C26H28N2O4S2/c29-25(30)24-10-9-23(34-24)11-14-28-26(31)33-17-15-27(28)13-2-1-4-20-5-3-6-21(18-20)7-8-22-12-16-32-19-22/h3,5-6,9-10,18-19H,1-2,4,11-17H2,(H,29,30). The molecule has 3 heterocycles. The van der Waals surface area contributed by atoms with E-state index in [0.717, 1.165) is 67.1 Å². The molecular formula is C26H28N2O4S2. The molecule has 6 nitrogen and oxygen atoms in total. The zero-order valence-corrected chi connectivity index (χ0v) is 20.6. The van der Waals surface area contributed by atoms with Crippen LogP contribution in [0.2, 0.25) is 0 Å². The summed E-state index contributed by atoms with van der Waals surface area (Å²) in [6.45, 7) is 2.99. The average molecular weight is 497 g/mol. The molecule has 0 bridgehead atoms. The Balaban J connectivity index is 1.25. The largest absolute Gasteiger partial charge is 0.500 e. The minimum Gasteiger partial charge on any atom is -0.500 e. The second kappa shape index (κ2) is 12.1. The van der Waals surface area contributed by atoms with Crippen LogP contribution in [0.3, 0.4) is 0 Å². The number of aryl methyl sites for hydroxylation is 1. The highest BCUT2D eigenvalue weighted by molar-refractivity contribution is 8.13. The van der Waals surface area contributed by atoms with Gasteiger partial charge in [0, 0.05) is 54.2 Å². The number of amides is 1. The van der Waals surface area contributed by atoms with Crippen LogP contribution in [0, 0.1) is 11.8 Å². The third kappa shape index (κ3) is 6.89. The lowest BCUT2D eigenvalue weighted by atomic mass is 10.0. The molecule has 1 amide bonds. The number of thioether (sulfide) groups is 1. The summed E-state index contributed by atoms with van der Waals surface area (Å²) in [4.78, 5) is 24.9. The van der Waals surface area contributed by atoms with Gasteiger partial charge in [0.1, 0.15) is 4.88 Å². The minimum absolute atomic E-state index is 0.0790. The average Bonchev–Trinajstić information content (AvgIpc) is 3.53. The van der Waals surface area contributed by atoms with Crippen LogP contribution in [-0.2, 0) is 17.6 Å². The van der Waals surface area contributed by atoms with Crippen molar-refractivity contribution in [3.05, 3.63) is 69.1 Å². The van der Waals surface area contributed by atoms with Crippen LogP contribution in [0.25, 0.3) is 0 Å². The zero-order chi connectivity index (χ0) is 23.8. The van der Waals surface area contributed by atoms with Gasteiger partial charge in [-0.25, -0.2) is 9.80 Å². The quantitative estimate of drug-likeness (QED) is 0.387. The van der Waals surface area contributed by atoms with Gasteiger partial charge >= 0.3 is 5.97 Å². The van der Waals surface area contributed by atoms with Gasteiger partial charge in [-0.2, -0.15) is 0 Å². The first-order valence-corrected chi connectivity index (χ1v) is 13.3. The van der Waals surface area contributed by atoms with Crippen LogP contribution in [0.5, 0.6) is 0 Å². The van der Waals surface area contributed by atoms with Gasteiger partial charge < -0.3 is 9.84 Å². The van der Waals surface area contributed by atoms with Crippen molar-refractivity contribution in [2.24, 2.45) is 0 Å². The van der Waals surface area contributed by atoms with Gasteiger partial charge in [-0.15, -0.1) is 11.3 Å². The maximum Gasteiger partial charge on any atom is 0.345 e. The van der Waals surface area contributed by atoms with E-state index in [9.17, 15) is 9.59 Å². The summed E-state index contributed by atoms with van der Waals surface area (Å²) in [7, 11) is 0. The van der Waals surface area contributed by atoms with E-state index in [4.69, 9.17) is 9.84 Å². The first kappa shape index (κ1) is 24.4. The number of unbranched alkanes of at least 4 members (excludes halogenated alkanes) is 1. The third-order valence-electron chi connectivity index (χ3n) is 5.71. The van der Waals surface area contributed by atoms with E-state index in [1.165, 1.54) is 28.7 Å². The molecule has 2 aliphatic heterocycles. The van der Waals surface area contributed by atoms with E-state index < -0.39 is 5.97 Å². The zero-order valence-electron chi connectivity index (χ0n) is 19.0. The number of rotatable bonds is 9. The molecule has 178 valence electrons. The molecule has 0 aliphatic carbocycles. The normalized spacial score (nSPS) is 16.1. The van der Waals surface area contributed by atoms with Crippen LogP contribution in [0.1, 0.15) is 44.9 Å². The van der Waals surface area contributed by atoms with Crippen LogP contribution in [0.15, 0.2) is 48.2 Å². The second-order valence-corrected chi connectivity index (χ2v) is 10.4. The maximum absolute atomic E-state index is 12.5. The lowest BCUT2D eigenvalue weighted by Crippen LogP contribution is -2.50. The summed E-state index contributed by atoms with van der Waals surface area (Å²) in [5.41, 5.74) is 3.35. The van der Waals surface area contributed by atoms with E-state index >= 15 is 0 Å². The van der Waals surface area contributed by atoms with Crippen LogP contribution in [-0.4, -0.2) is 58.3 Å². The Morgan fingerprint density at radius 3 is 2.82 bits per heavy atom. The highest BCUT2D eigenvalue weighted by Crippen LogP contribution is 2.22. The molecule has 8 heteroatoms. The number of hydrogen-bond acceptors (Lipinski definition) is 6. The summed E-state index contributed by atoms with van der Waals surface area (Å²) in [6.07, 6.45) is 6.31. The van der Waals surface area contributed by atoms with Crippen molar-refractivity contribution >= 4 is 34.3 Å². The number of thiophene rings is 1. The molecule has 0 unspecified atom stereocenters. The van der Waals surface area contributed by atoms with Gasteiger partial charge in [0.25, 0.3) is 5.24 Å².